The third-order valence-corrected chi connectivity index (χ3v) is 2.73. The van der Waals surface area contributed by atoms with E-state index in [1.807, 2.05) is 6.92 Å². The number of rotatable bonds is 3. The number of aromatic nitrogens is 1. The van der Waals surface area contributed by atoms with Crippen LogP contribution in [0.3, 0.4) is 0 Å². The predicted octanol–water partition coefficient (Wildman–Crippen LogP) is 1.18. The van der Waals surface area contributed by atoms with E-state index >= 15 is 0 Å². The fourth-order valence-electron chi connectivity index (χ4n) is 1.02. The first-order valence-electron chi connectivity index (χ1n) is 4.88. The predicted molar refractivity (Wildman–Crippen MR) is 67.3 cm³/mol. The Morgan fingerprint density at radius 1 is 1.50 bits per heavy atom. The number of nitrogens with one attached hydrogen (secondary N) is 1. The van der Waals surface area contributed by atoms with Gasteiger partial charge in [-0.15, -0.1) is 0 Å². The summed E-state index contributed by atoms with van der Waals surface area (Å²) in [6.07, 6.45) is 1.53. The smallest absolute Gasteiger partial charge is 0.253 e. The first-order valence-corrected chi connectivity index (χ1v) is 5.29. The standard InChI is InChI=1S/C11H15N3OS/c1-7-4-5-8(6-13-7)9(15)14-11(2,3)10(12)16/h4-6H,1-3H3,(H2,12,16)(H,14,15). The van der Waals surface area contributed by atoms with Crippen molar-refractivity contribution in [3.63, 3.8) is 0 Å². The first kappa shape index (κ1) is 12.6. The fraction of sp³-hybridized carbons (Fsp3) is 0.364. The van der Waals surface area contributed by atoms with Crippen LogP contribution in [0.2, 0.25) is 0 Å². The van der Waals surface area contributed by atoms with Crippen molar-refractivity contribution >= 4 is 23.1 Å². The van der Waals surface area contributed by atoms with Crippen LogP contribution in [0.15, 0.2) is 18.3 Å². The Balaban J connectivity index is 2.81. The molecular weight excluding hydrogens is 222 g/mol. The maximum absolute atomic E-state index is 11.8. The van der Waals surface area contributed by atoms with Crippen molar-refractivity contribution in [2.45, 2.75) is 26.3 Å². The molecule has 1 amide bonds. The van der Waals surface area contributed by atoms with E-state index < -0.39 is 5.54 Å². The number of pyridine rings is 1. The van der Waals surface area contributed by atoms with Gasteiger partial charge in [-0.25, -0.2) is 0 Å². The van der Waals surface area contributed by atoms with Gasteiger partial charge in [0.1, 0.15) is 0 Å². The van der Waals surface area contributed by atoms with Gasteiger partial charge in [0.05, 0.1) is 16.1 Å². The van der Waals surface area contributed by atoms with Gasteiger partial charge in [-0.3, -0.25) is 9.78 Å². The summed E-state index contributed by atoms with van der Waals surface area (Å²) in [5.41, 5.74) is 6.19. The lowest BCUT2D eigenvalue weighted by Crippen LogP contribution is -2.52. The summed E-state index contributed by atoms with van der Waals surface area (Å²) in [6, 6.07) is 3.50. The summed E-state index contributed by atoms with van der Waals surface area (Å²) in [5, 5.41) is 2.75. The van der Waals surface area contributed by atoms with Crippen LogP contribution in [-0.4, -0.2) is 21.4 Å². The van der Waals surface area contributed by atoms with Crippen molar-refractivity contribution in [3.8, 4) is 0 Å². The van der Waals surface area contributed by atoms with Crippen LogP contribution in [0.1, 0.15) is 29.9 Å². The van der Waals surface area contributed by atoms with E-state index in [4.69, 9.17) is 18.0 Å². The average molecular weight is 237 g/mol. The van der Waals surface area contributed by atoms with Gasteiger partial charge in [0.25, 0.3) is 5.91 Å². The minimum absolute atomic E-state index is 0.231. The molecule has 0 unspecified atom stereocenters. The lowest BCUT2D eigenvalue weighted by molar-refractivity contribution is 0.0932. The second kappa shape index (κ2) is 4.57. The molecule has 4 nitrogen and oxygen atoms in total. The maximum Gasteiger partial charge on any atom is 0.253 e. The molecule has 0 saturated carbocycles. The fourth-order valence-corrected chi connectivity index (χ4v) is 1.07. The Bertz CT molecular complexity index is 412. The van der Waals surface area contributed by atoms with Crippen LogP contribution >= 0.6 is 12.2 Å². The van der Waals surface area contributed by atoms with Crippen LogP contribution in [0, 0.1) is 6.92 Å². The van der Waals surface area contributed by atoms with Gasteiger partial charge in [-0.1, -0.05) is 12.2 Å². The highest BCUT2D eigenvalue weighted by atomic mass is 32.1. The van der Waals surface area contributed by atoms with Gasteiger partial charge in [-0.2, -0.15) is 0 Å². The lowest BCUT2D eigenvalue weighted by atomic mass is 10.1. The normalized spacial score (nSPS) is 10.9. The topological polar surface area (TPSA) is 68.0 Å². The molecule has 0 aliphatic rings. The number of carbonyl (C=O) groups is 1. The van der Waals surface area contributed by atoms with Crippen LogP contribution in [0.5, 0.6) is 0 Å². The number of nitrogens with zero attached hydrogens (tertiary/aromatic N) is 1. The van der Waals surface area contributed by atoms with E-state index in [0.717, 1.165) is 5.69 Å². The Morgan fingerprint density at radius 3 is 2.56 bits per heavy atom. The maximum atomic E-state index is 11.8. The van der Waals surface area contributed by atoms with E-state index in [2.05, 4.69) is 10.3 Å². The molecule has 16 heavy (non-hydrogen) atoms. The summed E-state index contributed by atoms with van der Waals surface area (Å²) in [4.78, 5) is 16.1. The Labute approximate surface area is 100 Å². The summed E-state index contributed by atoms with van der Waals surface area (Å²) in [7, 11) is 0. The third-order valence-electron chi connectivity index (χ3n) is 2.22. The molecule has 0 saturated heterocycles. The zero-order valence-electron chi connectivity index (χ0n) is 9.57. The first-order chi connectivity index (χ1) is 7.33. The lowest BCUT2D eigenvalue weighted by Gasteiger charge is -2.24. The van der Waals surface area contributed by atoms with Crippen LogP contribution in [0.4, 0.5) is 0 Å². The van der Waals surface area contributed by atoms with E-state index in [1.54, 1.807) is 26.0 Å². The van der Waals surface area contributed by atoms with Gasteiger partial charge in [0, 0.05) is 11.9 Å². The van der Waals surface area contributed by atoms with Crippen molar-refractivity contribution in [3.05, 3.63) is 29.6 Å². The number of hydrogen-bond donors (Lipinski definition) is 2. The van der Waals surface area contributed by atoms with Gasteiger partial charge in [0.15, 0.2) is 0 Å². The highest BCUT2D eigenvalue weighted by Gasteiger charge is 2.24. The van der Waals surface area contributed by atoms with Gasteiger partial charge in [0.2, 0.25) is 0 Å². The molecule has 0 radical (unpaired) electrons. The molecule has 1 heterocycles. The molecule has 1 aromatic heterocycles. The molecule has 0 atom stereocenters. The van der Waals surface area contributed by atoms with Crippen LogP contribution in [0.25, 0.3) is 0 Å². The summed E-state index contributed by atoms with van der Waals surface area (Å²) in [6.45, 7) is 5.38. The summed E-state index contributed by atoms with van der Waals surface area (Å²) >= 11 is 4.87. The number of hydrogen-bond acceptors (Lipinski definition) is 3. The molecule has 5 heteroatoms. The number of nitrogens with two attached hydrogens (primary N) is 1. The second-order valence-corrected chi connectivity index (χ2v) is 4.57. The zero-order valence-corrected chi connectivity index (χ0v) is 10.4. The SMILES string of the molecule is Cc1ccc(C(=O)NC(C)(C)C(N)=S)cn1. The van der Waals surface area contributed by atoms with E-state index in [0.29, 0.717) is 5.56 Å². The molecule has 0 aromatic carbocycles. The van der Waals surface area contributed by atoms with Gasteiger partial charge in [-0.05, 0) is 32.9 Å². The Morgan fingerprint density at radius 2 is 2.12 bits per heavy atom. The third kappa shape index (κ3) is 3.00. The Hall–Kier alpha value is -1.49. The minimum atomic E-state index is -0.697. The number of aryl methyl sites for hydroxylation is 1. The quantitative estimate of drug-likeness (QED) is 0.775. The molecular formula is C11H15N3OS. The summed E-state index contributed by atoms with van der Waals surface area (Å²) < 4.78 is 0. The molecule has 0 fully saturated rings. The molecule has 0 spiro atoms. The highest BCUT2D eigenvalue weighted by molar-refractivity contribution is 7.80. The van der Waals surface area contributed by atoms with Crippen LogP contribution in [-0.2, 0) is 0 Å². The minimum Gasteiger partial charge on any atom is -0.391 e. The molecule has 1 rings (SSSR count). The van der Waals surface area contributed by atoms with Crippen molar-refractivity contribution in [1.29, 1.82) is 0 Å². The zero-order chi connectivity index (χ0) is 12.3. The highest BCUT2D eigenvalue weighted by Crippen LogP contribution is 2.06. The average Bonchev–Trinajstić information content (AvgIpc) is 2.17. The van der Waals surface area contributed by atoms with Crippen LogP contribution < -0.4 is 11.1 Å². The largest absolute Gasteiger partial charge is 0.391 e. The second-order valence-electron chi connectivity index (χ2n) is 4.13. The molecule has 86 valence electrons. The van der Waals surface area contributed by atoms with Gasteiger partial charge >= 0.3 is 0 Å². The van der Waals surface area contributed by atoms with Crippen molar-refractivity contribution in [2.24, 2.45) is 5.73 Å². The Kier molecular flexibility index (Phi) is 3.59. The van der Waals surface area contributed by atoms with Crippen molar-refractivity contribution in [2.75, 3.05) is 0 Å². The van der Waals surface area contributed by atoms with Crippen molar-refractivity contribution < 1.29 is 4.79 Å². The van der Waals surface area contributed by atoms with Crippen molar-refractivity contribution in [1.82, 2.24) is 10.3 Å². The van der Waals surface area contributed by atoms with Gasteiger partial charge < -0.3 is 11.1 Å². The van der Waals surface area contributed by atoms with E-state index in [1.165, 1.54) is 6.20 Å². The number of carbonyl (C=O) groups excluding carboxylic acids is 1. The molecule has 0 aliphatic carbocycles. The summed E-state index contributed by atoms with van der Waals surface area (Å²) in [5.74, 6) is -0.231. The molecule has 1 aromatic rings. The van der Waals surface area contributed by atoms with E-state index in [-0.39, 0.29) is 10.9 Å². The molecule has 3 N–H and O–H groups in total. The monoisotopic (exact) mass is 237 g/mol. The van der Waals surface area contributed by atoms with E-state index in [9.17, 15) is 4.79 Å². The molecule has 0 bridgehead atoms. The molecule has 0 aliphatic heterocycles. The number of amides is 1. The number of thiocarbonyl (C=S) groups is 1.